The summed E-state index contributed by atoms with van der Waals surface area (Å²) in [5, 5.41) is 14.2. The van der Waals surface area contributed by atoms with Crippen LogP contribution in [-0.4, -0.2) is 44.2 Å². The van der Waals surface area contributed by atoms with Crippen LogP contribution >= 0.6 is 0 Å². The molecule has 1 aliphatic rings. The highest BCUT2D eigenvalue weighted by Gasteiger charge is 2.22. The second-order valence-electron chi connectivity index (χ2n) is 5.74. The average Bonchev–Trinajstić information content (AvgIpc) is 2.68. The van der Waals surface area contributed by atoms with Crippen LogP contribution in [0.4, 0.5) is 17.1 Å². The number of nitro groups is 1. The SMILES string of the molecule is COc1ccc(C(=O)Nc2ccc(N3CCOCC3)c([N+](=O)[O-])c2)cc1. The van der Waals surface area contributed by atoms with Crippen molar-refractivity contribution in [3.8, 4) is 5.75 Å². The van der Waals surface area contributed by atoms with Crippen molar-refractivity contribution in [2.45, 2.75) is 0 Å². The lowest BCUT2D eigenvalue weighted by Gasteiger charge is -2.28. The standard InChI is InChI=1S/C18H19N3O5/c1-25-15-5-2-13(3-6-15)18(22)19-14-4-7-16(17(12-14)21(23)24)20-8-10-26-11-9-20/h2-7,12H,8-11H2,1H3,(H,19,22). The molecular weight excluding hydrogens is 338 g/mol. The number of ether oxygens (including phenoxy) is 2. The molecule has 1 fully saturated rings. The van der Waals surface area contributed by atoms with Gasteiger partial charge < -0.3 is 19.7 Å². The first kappa shape index (κ1) is 17.7. The Morgan fingerprint density at radius 2 is 1.88 bits per heavy atom. The van der Waals surface area contributed by atoms with Crippen LogP contribution in [0.2, 0.25) is 0 Å². The number of benzene rings is 2. The molecule has 0 unspecified atom stereocenters. The predicted octanol–water partition coefficient (Wildman–Crippen LogP) is 2.69. The van der Waals surface area contributed by atoms with Crippen molar-refractivity contribution in [2.75, 3.05) is 43.6 Å². The number of nitrogens with one attached hydrogen (secondary N) is 1. The van der Waals surface area contributed by atoms with Crippen LogP contribution in [-0.2, 0) is 4.74 Å². The van der Waals surface area contributed by atoms with E-state index in [1.54, 1.807) is 43.5 Å². The number of methoxy groups -OCH3 is 1. The highest BCUT2D eigenvalue weighted by Crippen LogP contribution is 2.31. The molecule has 8 nitrogen and oxygen atoms in total. The Kier molecular flexibility index (Phi) is 5.33. The molecule has 2 aromatic carbocycles. The minimum atomic E-state index is -0.437. The van der Waals surface area contributed by atoms with E-state index in [0.717, 1.165) is 0 Å². The van der Waals surface area contributed by atoms with E-state index in [2.05, 4.69) is 5.32 Å². The van der Waals surface area contributed by atoms with E-state index in [4.69, 9.17) is 9.47 Å². The molecule has 0 bridgehead atoms. The first-order valence-electron chi connectivity index (χ1n) is 8.15. The zero-order valence-electron chi connectivity index (χ0n) is 14.3. The van der Waals surface area contributed by atoms with Crippen molar-refractivity contribution in [1.82, 2.24) is 0 Å². The number of hydrogen-bond acceptors (Lipinski definition) is 6. The van der Waals surface area contributed by atoms with Gasteiger partial charge in [-0.1, -0.05) is 0 Å². The van der Waals surface area contributed by atoms with Gasteiger partial charge in [0.15, 0.2) is 0 Å². The van der Waals surface area contributed by atoms with Crippen LogP contribution in [0.1, 0.15) is 10.4 Å². The van der Waals surface area contributed by atoms with Crippen molar-refractivity contribution in [1.29, 1.82) is 0 Å². The normalized spacial score (nSPS) is 14.0. The number of amides is 1. The lowest BCUT2D eigenvalue weighted by molar-refractivity contribution is -0.384. The Labute approximate surface area is 150 Å². The first-order chi connectivity index (χ1) is 12.6. The van der Waals surface area contributed by atoms with Gasteiger partial charge in [-0.15, -0.1) is 0 Å². The van der Waals surface area contributed by atoms with Gasteiger partial charge in [-0.05, 0) is 36.4 Å². The number of rotatable bonds is 5. The summed E-state index contributed by atoms with van der Waals surface area (Å²) in [4.78, 5) is 25.3. The third-order valence-corrected chi connectivity index (χ3v) is 4.13. The predicted molar refractivity (Wildman–Crippen MR) is 97.1 cm³/mol. The molecule has 0 atom stereocenters. The maximum absolute atomic E-state index is 12.3. The molecule has 0 spiro atoms. The molecule has 8 heteroatoms. The Balaban J connectivity index is 1.80. The number of morpholine rings is 1. The highest BCUT2D eigenvalue weighted by molar-refractivity contribution is 6.04. The minimum Gasteiger partial charge on any atom is -0.497 e. The van der Waals surface area contributed by atoms with Crippen molar-refractivity contribution < 1.29 is 19.2 Å². The minimum absolute atomic E-state index is 0.0422. The molecule has 2 aromatic rings. The molecule has 1 heterocycles. The van der Waals surface area contributed by atoms with Crippen molar-refractivity contribution in [3.63, 3.8) is 0 Å². The van der Waals surface area contributed by atoms with E-state index in [1.807, 2.05) is 4.90 Å². The summed E-state index contributed by atoms with van der Waals surface area (Å²) in [6.45, 7) is 2.26. The monoisotopic (exact) mass is 357 g/mol. The van der Waals surface area contributed by atoms with E-state index in [-0.39, 0.29) is 11.6 Å². The van der Waals surface area contributed by atoms with Gasteiger partial charge in [0, 0.05) is 30.4 Å². The van der Waals surface area contributed by atoms with E-state index in [9.17, 15) is 14.9 Å². The number of nitrogens with zero attached hydrogens (tertiary/aromatic N) is 2. The molecular formula is C18H19N3O5. The molecule has 26 heavy (non-hydrogen) atoms. The third-order valence-electron chi connectivity index (χ3n) is 4.13. The van der Waals surface area contributed by atoms with Gasteiger partial charge in [0.05, 0.1) is 25.2 Å². The fraction of sp³-hybridized carbons (Fsp3) is 0.278. The molecule has 1 saturated heterocycles. The van der Waals surface area contributed by atoms with Crippen LogP contribution in [0.5, 0.6) is 5.75 Å². The Hall–Kier alpha value is -3.13. The number of carbonyl (C=O) groups is 1. The maximum Gasteiger partial charge on any atom is 0.294 e. The lowest BCUT2D eigenvalue weighted by atomic mass is 10.1. The van der Waals surface area contributed by atoms with Crippen LogP contribution < -0.4 is 15.0 Å². The van der Waals surface area contributed by atoms with Crippen molar-refractivity contribution in [2.24, 2.45) is 0 Å². The van der Waals surface area contributed by atoms with E-state index < -0.39 is 4.92 Å². The summed E-state index contributed by atoms with van der Waals surface area (Å²) in [6, 6.07) is 11.3. The molecule has 1 aliphatic heterocycles. The topological polar surface area (TPSA) is 93.9 Å². The first-order valence-corrected chi connectivity index (χ1v) is 8.15. The summed E-state index contributed by atoms with van der Waals surface area (Å²) >= 11 is 0. The summed E-state index contributed by atoms with van der Waals surface area (Å²) < 4.78 is 10.3. The van der Waals surface area contributed by atoms with Gasteiger partial charge in [-0.25, -0.2) is 0 Å². The smallest absolute Gasteiger partial charge is 0.294 e. The number of anilines is 2. The quantitative estimate of drug-likeness (QED) is 0.653. The van der Waals surface area contributed by atoms with Crippen LogP contribution in [0.3, 0.4) is 0 Å². The van der Waals surface area contributed by atoms with E-state index >= 15 is 0 Å². The fourth-order valence-corrected chi connectivity index (χ4v) is 2.76. The molecule has 0 saturated carbocycles. The van der Waals surface area contributed by atoms with Crippen LogP contribution in [0, 0.1) is 10.1 Å². The van der Waals surface area contributed by atoms with Crippen molar-refractivity contribution >= 4 is 23.0 Å². The summed E-state index contributed by atoms with van der Waals surface area (Å²) in [6.07, 6.45) is 0. The summed E-state index contributed by atoms with van der Waals surface area (Å²) in [7, 11) is 1.55. The fourth-order valence-electron chi connectivity index (χ4n) is 2.76. The van der Waals surface area contributed by atoms with Gasteiger partial charge in [-0.2, -0.15) is 0 Å². The molecule has 3 rings (SSSR count). The number of carbonyl (C=O) groups excluding carboxylic acids is 1. The lowest BCUT2D eigenvalue weighted by Crippen LogP contribution is -2.36. The number of nitro benzene ring substituents is 1. The second kappa shape index (κ2) is 7.83. The van der Waals surface area contributed by atoms with Gasteiger partial charge in [-0.3, -0.25) is 14.9 Å². The van der Waals surface area contributed by atoms with Crippen LogP contribution in [0.25, 0.3) is 0 Å². The summed E-state index contributed by atoms with van der Waals surface area (Å²) in [5.41, 5.74) is 1.29. The zero-order valence-corrected chi connectivity index (χ0v) is 14.3. The van der Waals surface area contributed by atoms with Gasteiger partial charge in [0.2, 0.25) is 0 Å². The van der Waals surface area contributed by atoms with Crippen molar-refractivity contribution in [3.05, 3.63) is 58.1 Å². The van der Waals surface area contributed by atoms with E-state index in [1.165, 1.54) is 6.07 Å². The summed E-state index contributed by atoms with van der Waals surface area (Å²) in [5.74, 6) is 0.299. The molecule has 1 amide bonds. The second-order valence-corrected chi connectivity index (χ2v) is 5.74. The van der Waals surface area contributed by atoms with Crippen LogP contribution in [0.15, 0.2) is 42.5 Å². The molecule has 0 aliphatic carbocycles. The van der Waals surface area contributed by atoms with Gasteiger partial charge >= 0.3 is 0 Å². The molecule has 0 aromatic heterocycles. The highest BCUT2D eigenvalue weighted by atomic mass is 16.6. The Bertz CT molecular complexity index is 801. The van der Waals surface area contributed by atoms with Gasteiger partial charge in [0.1, 0.15) is 11.4 Å². The number of hydrogen-bond donors (Lipinski definition) is 1. The molecule has 1 N–H and O–H groups in total. The third kappa shape index (κ3) is 3.92. The average molecular weight is 357 g/mol. The Morgan fingerprint density at radius 3 is 2.50 bits per heavy atom. The maximum atomic E-state index is 12.3. The van der Waals surface area contributed by atoms with E-state index in [0.29, 0.717) is 49.0 Å². The molecule has 136 valence electrons. The largest absolute Gasteiger partial charge is 0.497 e. The Morgan fingerprint density at radius 1 is 1.19 bits per heavy atom. The van der Waals surface area contributed by atoms with Gasteiger partial charge in [0.25, 0.3) is 11.6 Å². The molecule has 0 radical (unpaired) electrons. The zero-order chi connectivity index (χ0) is 18.5.